The van der Waals surface area contributed by atoms with Crippen LogP contribution < -0.4 is 5.32 Å². The summed E-state index contributed by atoms with van der Waals surface area (Å²) in [6.07, 6.45) is -3.70. The van der Waals surface area contributed by atoms with E-state index in [1.807, 2.05) is 0 Å². The topological polar surface area (TPSA) is 66.4 Å². The van der Waals surface area contributed by atoms with Gasteiger partial charge < -0.3 is 10.4 Å². The van der Waals surface area contributed by atoms with Crippen LogP contribution in [-0.2, 0) is 4.79 Å². The molecule has 0 bridgehead atoms. The lowest BCUT2D eigenvalue weighted by atomic mass is 9.78. The summed E-state index contributed by atoms with van der Waals surface area (Å²) in [6, 6.07) is 2.74. The minimum absolute atomic E-state index is 0.0657. The zero-order chi connectivity index (χ0) is 17.2. The van der Waals surface area contributed by atoms with Gasteiger partial charge in [-0.2, -0.15) is 13.2 Å². The maximum absolute atomic E-state index is 13.7. The normalized spacial score (nSPS) is 21.7. The van der Waals surface area contributed by atoms with E-state index in [0.29, 0.717) is 12.8 Å². The first kappa shape index (κ1) is 17.2. The van der Waals surface area contributed by atoms with E-state index in [2.05, 4.69) is 5.32 Å². The van der Waals surface area contributed by atoms with Gasteiger partial charge in [0, 0.05) is 5.92 Å². The molecule has 0 aromatic heterocycles. The first-order valence-electron chi connectivity index (χ1n) is 7.10. The number of hydrogen-bond donors (Lipinski definition) is 2. The van der Waals surface area contributed by atoms with E-state index in [4.69, 9.17) is 5.11 Å². The molecule has 0 radical (unpaired) electrons. The quantitative estimate of drug-likeness (QED) is 0.826. The lowest BCUT2D eigenvalue weighted by molar-refractivity contribution is -0.197. The van der Waals surface area contributed by atoms with Gasteiger partial charge in [-0.15, -0.1) is 0 Å². The average molecular weight is 333 g/mol. The van der Waals surface area contributed by atoms with Crippen molar-refractivity contribution in [2.75, 3.05) is 5.32 Å². The number of benzene rings is 1. The van der Waals surface area contributed by atoms with Crippen LogP contribution in [-0.4, -0.2) is 23.2 Å². The molecule has 2 N–H and O–H groups in total. The number of rotatable bonds is 3. The van der Waals surface area contributed by atoms with Crippen molar-refractivity contribution in [3.63, 3.8) is 0 Å². The second-order valence-corrected chi connectivity index (χ2v) is 5.53. The largest absolute Gasteiger partial charge is 0.478 e. The predicted octanol–water partition coefficient (Wildman–Crippen LogP) is 3.83. The fourth-order valence-corrected chi connectivity index (χ4v) is 2.82. The molecule has 8 heteroatoms. The molecule has 2 atom stereocenters. The van der Waals surface area contributed by atoms with Gasteiger partial charge in [0.2, 0.25) is 5.91 Å². The number of hydrogen-bond acceptors (Lipinski definition) is 2. The predicted molar refractivity (Wildman–Crippen MR) is 73.5 cm³/mol. The van der Waals surface area contributed by atoms with Crippen LogP contribution in [0.5, 0.6) is 0 Å². The number of alkyl halides is 3. The van der Waals surface area contributed by atoms with Gasteiger partial charge in [-0.05, 0) is 31.0 Å². The summed E-state index contributed by atoms with van der Waals surface area (Å²) in [5, 5.41) is 10.9. The third kappa shape index (κ3) is 4.00. The van der Waals surface area contributed by atoms with E-state index in [1.54, 1.807) is 0 Å². The van der Waals surface area contributed by atoms with Crippen molar-refractivity contribution in [2.24, 2.45) is 11.8 Å². The molecule has 2 rings (SSSR count). The standard InChI is InChI=1S/C15H15F4NO3/c16-11-6-5-8(14(22)23)7-12(11)20-13(21)9-3-1-2-4-10(9)15(17,18)19/h5-7,9-10H,1-4H2,(H,20,21)(H,22,23). The SMILES string of the molecule is O=C(O)c1ccc(F)c(NC(=O)C2CCCCC2C(F)(F)F)c1. The highest BCUT2D eigenvalue weighted by Gasteiger charge is 2.48. The van der Waals surface area contributed by atoms with E-state index in [-0.39, 0.29) is 18.4 Å². The summed E-state index contributed by atoms with van der Waals surface area (Å²) in [5.74, 6) is -6.22. The van der Waals surface area contributed by atoms with Crippen LogP contribution in [0, 0.1) is 17.7 Å². The molecule has 1 saturated carbocycles. The van der Waals surface area contributed by atoms with Crippen molar-refractivity contribution in [1.29, 1.82) is 0 Å². The number of amides is 1. The van der Waals surface area contributed by atoms with Gasteiger partial charge in [0.1, 0.15) is 5.82 Å². The van der Waals surface area contributed by atoms with Crippen molar-refractivity contribution in [3.05, 3.63) is 29.6 Å². The lowest BCUT2D eigenvalue weighted by Gasteiger charge is -2.32. The third-order valence-corrected chi connectivity index (χ3v) is 3.99. The number of carboxylic acids is 1. The number of anilines is 1. The van der Waals surface area contributed by atoms with Crippen LogP contribution in [0.4, 0.5) is 23.2 Å². The number of nitrogens with one attached hydrogen (secondary N) is 1. The Morgan fingerprint density at radius 1 is 1.17 bits per heavy atom. The summed E-state index contributed by atoms with van der Waals surface area (Å²) in [7, 11) is 0. The number of carboxylic acid groups (broad SMARTS) is 1. The molecule has 1 aliphatic carbocycles. The zero-order valence-electron chi connectivity index (χ0n) is 12.0. The molecule has 1 aromatic carbocycles. The fraction of sp³-hybridized carbons (Fsp3) is 0.467. The van der Waals surface area contributed by atoms with Gasteiger partial charge in [0.25, 0.3) is 0 Å². The molecule has 1 aromatic rings. The van der Waals surface area contributed by atoms with Crippen LogP contribution in [0.25, 0.3) is 0 Å². The second kappa shape index (κ2) is 6.55. The molecule has 23 heavy (non-hydrogen) atoms. The molecule has 1 aliphatic rings. The maximum atomic E-state index is 13.7. The minimum Gasteiger partial charge on any atom is -0.478 e. The summed E-state index contributed by atoms with van der Waals surface area (Å²) in [6.45, 7) is 0. The fourth-order valence-electron chi connectivity index (χ4n) is 2.82. The summed E-state index contributed by atoms with van der Waals surface area (Å²) < 4.78 is 52.7. The van der Waals surface area contributed by atoms with Gasteiger partial charge in [-0.25, -0.2) is 9.18 Å². The summed E-state index contributed by atoms with van der Waals surface area (Å²) >= 11 is 0. The number of carbonyl (C=O) groups is 2. The van der Waals surface area contributed by atoms with Crippen LogP contribution >= 0.6 is 0 Å². The van der Waals surface area contributed by atoms with E-state index >= 15 is 0 Å². The van der Waals surface area contributed by atoms with Crippen molar-refractivity contribution in [1.82, 2.24) is 0 Å². The van der Waals surface area contributed by atoms with Crippen molar-refractivity contribution >= 4 is 17.6 Å². The monoisotopic (exact) mass is 333 g/mol. The van der Waals surface area contributed by atoms with E-state index in [0.717, 1.165) is 18.2 Å². The van der Waals surface area contributed by atoms with Crippen LogP contribution in [0.15, 0.2) is 18.2 Å². The Labute approximate surface area is 129 Å². The molecule has 0 saturated heterocycles. The van der Waals surface area contributed by atoms with Crippen molar-refractivity contribution in [2.45, 2.75) is 31.9 Å². The molecule has 0 aliphatic heterocycles. The zero-order valence-corrected chi connectivity index (χ0v) is 12.0. The molecular weight excluding hydrogens is 318 g/mol. The summed E-state index contributed by atoms with van der Waals surface area (Å²) in [4.78, 5) is 23.0. The van der Waals surface area contributed by atoms with Gasteiger partial charge in [-0.1, -0.05) is 12.8 Å². The highest BCUT2D eigenvalue weighted by Crippen LogP contribution is 2.42. The number of carbonyl (C=O) groups excluding carboxylic acids is 1. The molecule has 1 fully saturated rings. The van der Waals surface area contributed by atoms with Crippen molar-refractivity contribution in [3.8, 4) is 0 Å². The Balaban J connectivity index is 2.20. The van der Waals surface area contributed by atoms with Gasteiger partial charge >= 0.3 is 12.1 Å². The first-order valence-corrected chi connectivity index (χ1v) is 7.10. The van der Waals surface area contributed by atoms with Crippen LogP contribution in [0.3, 0.4) is 0 Å². The Morgan fingerprint density at radius 3 is 2.43 bits per heavy atom. The van der Waals surface area contributed by atoms with Crippen LogP contribution in [0.2, 0.25) is 0 Å². The molecular formula is C15H15F4NO3. The van der Waals surface area contributed by atoms with E-state index < -0.39 is 41.4 Å². The lowest BCUT2D eigenvalue weighted by Crippen LogP contribution is -2.39. The van der Waals surface area contributed by atoms with Gasteiger partial charge in [0.05, 0.1) is 17.2 Å². The molecule has 4 nitrogen and oxygen atoms in total. The number of halogens is 4. The molecule has 126 valence electrons. The molecule has 2 unspecified atom stereocenters. The van der Waals surface area contributed by atoms with E-state index in [9.17, 15) is 27.2 Å². The van der Waals surface area contributed by atoms with Crippen molar-refractivity contribution < 1.29 is 32.3 Å². The maximum Gasteiger partial charge on any atom is 0.392 e. The average Bonchev–Trinajstić information content (AvgIpc) is 2.48. The second-order valence-electron chi connectivity index (χ2n) is 5.53. The highest BCUT2D eigenvalue weighted by molar-refractivity contribution is 5.95. The van der Waals surface area contributed by atoms with Crippen LogP contribution in [0.1, 0.15) is 36.0 Å². The number of aromatic carboxylic acids is 1. The van der Waals surface area contributed by atoms with Gasteiger partial charge in [-0.3, -0.25) is 4.79 Å². The molecule has 0 heterocycles. The highest BCUT2D eigenvalue weighted by atomic mass is 19.4. The van der Waals surface area contributed by atoms with E-state index in [1.165, 1.54) is 0 Å². The smallest absolute Gasteiger partial charge is 0.392 e. The Hall–Kier alpha value is -2.12. The Bertz CT molecular complexity index is 615. The van der Waals surface area contributed by atoms with Gasteiger partial charge in [0.15, 0.2) is 0 Å². The third-order valence-electron chi connectivity index (χ3n) is 3.99. The Morgan fingerprint density at radius 2 is 1.83 bits per heavy atom. The molecule has 0 spiro atoms. The summed E-state index contributed by atoms with van der Waals surface area (Å²) in [5.41, 5.74) is -0.695. The minimum atomic E-state index is -4.50. The Kier molecular flexibility index (Phi) is 4.91. The molecule has 1 amide bonds. The first-order chi connectivity index (χ1) is 10.7.